The Bertz CT molecular complexity index is 326. The highest BCUT2D eigenvalue weighted by atomic mass is 32.2. The van der Waals surface area contributed by atoms with E-state index in [1.807, 2.05) is 0 Å². The predicted octanol–water partition coefficient (Wildman–Crippen LogP) is 1.35. The molecule has 0 aliphatic carbocycles. The standard InChI is InChI=1S/C10H16O3S/c1-3-9(11)10(4-2)5-7-14(12,13)8-6-10/h4H,2-3,5-8H2,1H3. The number of hydrogen-bond acceptors (Lipinski definition) is 3. The molecule has 0 amide bonds. The van der Waals surface area contributed by atoms with Crippen molar-refractivity contribution in [1.29, 1.82) is 0 Å². The van der Waals surface area contributed by atoms with Crippen molar-refractivity contribution >= 4 is 15.6 Å². The number of hydrogen-bond donors (Lipinski definition) is 0. The summed E-state index contributed by atoms with van der Waals surface area (Å²) in [4.78, 5) is 11.7. The van der Waals surface area contributed by atoms with Gasteiger partial charge in [-0.1, -0.05) is 13.0 Å². The molecular weight excluding hydrogens is 200 g/mol. The minimum atomic E-state index is -2.91. The highest BCUT2D eigenvalue weighted by Gasteiger charge is 2.39. The van der Waals surface area contributed by atoms with Gasteiger partial charge >= 0.3 is 0 Å². The Labute approximate surface area is 85.1 Å². The monoisotopic (exact) mass is 216 g/mol. The smallest absolute Gasteiger partial charge is 0.150 e. The van der Waals surface area contributed by atoms with Crippen LogP contribution in [0.1, 0.15) is 26.2 Å². The minimum absolute atomic E-state index is 0.113. The van der Waals surface area contributed by atoms with Gasteiger partial charge < -0.3 is 0 Å². The Morgan fingerprint density at radius 2 is 1.93 bits per heavy atom. The number of carbonyl (C=O) groups is 1. The highest BCUT2D eigenvalue weighted by Crippen LogP contribution is 2.35. The van der Waals surface area contributed by atoms with E-state index in [1.165, 1.54) is 0 Å². The van der Waals surface area contributed by atoms with Crippen LogP contribution in [0.25, 0.3) is 0 Å². The number of rotatable bonds is 3. The number of ketones is 1. The van der Waals surface area contributed by atoms with E-state index in [0.29, 0.717) is 19.3 Å². The molecule has 0 N–H and O–H groups in total. The van der Waals surface area contributed by atoms with Crippen LogP contribution >= 0.6 is 0 Å². The van der Waals surface area contributed by atoms with Crippen molar-refractivity contribution in [3.63, 3.8) is 0 Å². The number of sulfone groups is 1. The Kier molecular flexibility index (Phi) is 3.14. The lowest BCUT2D eigenvalue weighted by atomic mass is 9.77. The molecule has 0 aromatic rings. The molecule has 1 heterocycles. The molecule has 1 aliphatic rings. The molecule has 14 heavy (non-hydrogen) atoms. The molecule has 0 unspecified atom stereocenters. The lowest BCUT2D eigenvalue weighted by Gasteiger charge is -2.32. The van der Waals surface area contributed by atoms with Crippen LogP contribution in [-0.4, -0.2) is 25.7 Å². The molecule has 0 atom stereocenters. The zero-order valence-corrected chi connectivity index (χ0v) is 9.27. The lowest BCUT2D eigenvalue weighted by molar-refractivity contribution is -0.126. The summed E-state index contributed by atoms with van der Waals surface area (Å²) in [6.45, 7) is 5.46. The third kappa shape index (κ3) is 2.05. The van der Waals surface area contributed by atoms with Crippen LogP contribution in [0, 0.1) is 5.41 Å². The molecule has 1 fully saturated rings. The van der Waals surface area contributed by atoms with Gasteiger partial charge in [-0.2, -0.15) is 0 Å². The molecule has 80 valence electrons. The SMILES string of the molecule is C=CC1(C(=O)CC)CCS(=O)(=O)CC1. The van der Waals surface area contributed by atoms with Crippen molar-refractivity contribution in [1.82, 2.24) is 0 Å². The quantitative estimate of drug-likeness (QED) is 0.669. The predicted molar refractivity (Wildman–Crippen MR) is 55.8 cm³/mol. The van der Waals surface area contributed by atoms with Crippen molar-refractivity contribution in [2.24, 2.45) is 5.41 Å². The first-order chi connectivity index (χ1) is 6.46. The van der Waals surface area contributed by atoms with E-state index < -0.39 is 15.3 Å². The molecule has 0 radical (unpaired) electrons. The zero-order chi connectivity index (χ0) is 10.8. The number of allylic oxidation sites excluding steroid dienone is 1. The van der Waals surface area contributed by atoms with Gasteiger partial charge in [0.15, 0.2) is 0 Å². The normalized spacial score (nSPS) is 24.1. The van der Waals surface area contributed by atoms with Crippen LogP contribution in [0.5, 0.6) is 0 Å². The molecular formula is C10H16O3S. The molecule has 3 nitrogen and oxygen atoms in total. The van der Waals surface area contributed by atoms with Gasteiger partial charge in [0.2, 0.25) is 0 Å². The Morgan fingerprint density at radius 1 is 1.43 bits per heavy atom. The molecule has 4 heteroatoms. The Morgan fingerprint density at radius 3 is 2.29 bits per heavy atom. The van der Waals surface area contributed by atoms with Gasteiger partial charge in [0, 0.05) is 11.8 Å². The van der Waals surface area contributed by atoms with Crippen molar-refractivity contribution < 1.29 is 13.2 Å². The second kappa shape index (κ2) is 3.85. The molecule has 1 aliphatic heterocycles. The first-order valence-electron chi connectivity index (χ1n) is 4.83. The van der Waals surface area contributed by atoms with Crippen LogP contribution < -0.4 is 0 Å². The maximum absolute atomic E-state index is 11.7. The number of Topliss-reactive ketones (excluding diaryl/α,β-unsaturated/α-hetero) is 1. The summed E-state index contributed by atoms with van der Waals surface area (Å²) in [5, 5.41) is 0. The molecule has 0 bridgehead atoms. The van der Waals surface area contributed by atoms with Crippen LogP contribution in [0.3, 0.4) is 0 Å². The number of carbonyl (C=O) groups excluding carboxylic acids is 1. The van der Waals surface area contributed by atoms with Crippen molar-refractivity contribution in [3.8, 4) is 0 Å². The molecule has 1 saturated heterocycles. The first kappa shape index (κ1) is 11.4. The van der Waals surface area contributed by atoms with Gasteiger partial charge in [0.05, 0.1) is 11.5 Å². The second-order valence-corrected chi connectivity index (χ2v) is 6.09. The summed E-state index contributed by atoms with van der Waals surface area (Å²) in [5.74, 6) is 0.345. The maximum Gasteiger partial charge on any atom is 0.150 e. The van der Waals surface area contributed by atoms with E-state index in [-0.39, 0.29) is 17.3 Å². The van der Waals surface area contributed by atoms with Crippen molar-refractivity contribution in [2.75, 3.05) is 11.5 Å². The summed E-state index contributed by atoms with van der Waals surface area (Å²) < 4.78 is 22.4. The lowest BCUT2D eigenvalue weighted by Crippen LogP contribution is -2.37. The average Bonchev–Trinajstić information content (AvgIpc) is 2.18. The summed E-state index contributed by atoms with van der Waals surface area (Å²) in [6.07, 6.45) is 2.90. The van der Waals surface area contributed by atoms with E-state index >= 15 is 0 Å². The van der Waals surface area contributed by atoms with Gasteiger partial charge in [-0.05, 0) is 12.8 Å². The fourth-order valence-corrected chi connectivity index (χ4v) is 3.41. The van der Waals surface area contributed by atoms with Crippen molar-refractivity contribution in [3.05, 3.63) is 12.7 Å². The second-order valence-electron chi connectivity index (χ2n) is 3.79. The fraction of sp³-hybridized carbons (Fsp3) is 0.700. The first-order valence-corrected chi connectivity index (χ1v) is 6.65. The van der Waals surface area contributed by atoms with Crippen molar-refractivity contribution in [2.45, 2.75) is 26.2 Å². The molecule has 0 saturated carbocycles. The van der Waals surface area contributed by atoms with E-state index in [0.717, 1.165) is 0 Å². The Balaban J connectivity index is 2.86. The Hall–Kier alpha value is -0.640. The summed E-state index contributed by atoms with van der Waals surface area (Å²) in [7, 11) is -2.91. The molecule has 0 spiro atoms. The van der Waals surface area contributed by atoms with E-state index in [2.05, 4.69) is 6.58 Å². The zero-order valence-electron chi connectivity index (χ0n) is 8.45. The molecule has 0 aromatic heterocycles. The minimum Gasteiger partial charge on any atom is -0.299 e. The fourth-order valence-electron chi connectivity index (χ4n) is 1.85. The summed E-state index contributed by atoms with van der Waals surface area (Å²) in [6, 6.07) is 0. The van der Waals surface area contributed by atoms with Crippen LogP contribution in [0.2, 0.25) is 0 Å². The maximum atomic E-state index is 11.7. The molecule has 1 rings (SSSR count). The van der Waals surface area contributed by atoms with Crippen LogP contribution in [0.4, 0.5) is 0 Å². The highest BCUT2D eigenvalue weighted by molar-refractivity contribution is 7.91. The largest absolute Gasteiger partial charge is 0.299 e. The van der Waals surface area contributed by atoms with Crippen LogP contribution in [0.15, 0.2) is 12.7 Å². The van der Waals surface area contributed by atoms with Gasteiger partial charge in [-0.3, -0.25) is 4.79 Å². The van der Waals surface area contributed by atoms with E-state index in [9.17, 15) is 13.2 Å². The van der Waals surface area contributed by atoms with Crippen LogP contribution in [-0.2, 0) is 14.6 Å². The third-order valence-electron chi connectivity index (χ3n) is 2.99. The summed E-state index contributed by atoms with van der Waals surface area (Å²) >= 11 is 0. The van der Waals surface area contributed by atoms with E-state index in [4.69, 9.17) is 0 Å². The summed E-state index contributed by atoms with van der Waals surface area (Å²) in [5.41, 5.74) is -0.569. The van der Waals surface area contributed by atoms with Gasteiger partial charge in [0.1, 0.15) is 15.6 Å². The van der Waals surface area contributed by atoms with E-state index in [1.54, 1.807) is 13.0 Å². The van der Waals surface area contributed by atoms with Gasteiger partial charge in [0.25, 0.3) is 0 Å². The molecule has 0 aromatic carbocycles. The third-order valence-corrected chi connectivity index (χ3v) is 4.64. The van der Waals surface area contributed by atoms with Gasteiger partial charge in [-0.15, -0.1) is 6.58 Å². The average molecular weight is 216 g/mol. The topological polar surface area (TPSA) is 51.2 Å². The van der Waals surface area contributed by atoms with Gasteiger partial charge in [-0.25, -0.2) is 8.42 Å².